The monoisotopic (exact) mass is 236 g/mol. The maximum Gasteiger partial charge on any atom is 0.0522 e. The van der Waals surface area contributed by atoms with Gasteiger partial charge in [0.2, 0.25) is 0 Å². The molecule has 1 aliphatic rings. The molecule has 4 heteroatoms. The number of aryl methyl sites for hydroxylation is 1. The Morgan fingerprint density at radius 1 is 1.59 bits per heavy atom. The predicted molar refractivity (Wildman–Crippen MR) is 69.2 cm³/mol. The number of aromatic nitrogens is 2. The normalized spacial score (nSPS) is 26.3. The zero-order chi connectivity index (χ0) is 12.3. The van der Waals surface area contributed by atoms with Crippen molar-refractivity contribution in [1.29, 1.82) is 0 Å². The van der Waals surface area contributed by atoms with E-state index in [2.05, 4.69) is 30.6 Å². The lowest BCUT2D eigenvalue weighted by Crippen LogP contribution is -2.43. The predicted octanol–water partition coefficient (Wildman–Crippen LogP) is 1.71. The molecule has 1 fully saturated rings. The Hall–Kier alpha value is -0.870. The van der Waals surface area contributed by atoms with Crippen molar-refractivity contribution in [1.82, 2.24) is 15.2 Å². The first kappa shape index (κ1) is 12.6. The fraction of sp³-hybridized carbons (Fsp3) is 0.769. The molecule has 0 spiro atoms. The van der Waals surface area contributed by atoms with Gasteiger partial charge in [-0.05, 0) is 37.2 Å². The second-order valence-electron chi connectivity index (χ2n) is 5.25. The maximum atomic E-state index is 5.72. The highest BCUT2D eigenvalue weighted by Gasteiger charge is 2.30. The minimum absolute atomic E-state index is 0.391. The van der Waals surface area contributed by atoms with E-state index in [0.29, 0.717) is 12.0 Å². The largest absolute Gasteiger partial charge is 0.273 e. The van der Waals surface area contributed by atoms with Crippen LogP contribution >= 0.6 is 0 Å². The van der Waals surface area contributed by atoms with Gasteiger partial charge in [0.15, 0.2) is 0 Å². The summed E-state index contributed by atoms with van der Waals surface area (Å²) in [5, 5.41) is 4.32. The number of nitrogens with zero attached hydrogens (tertiary/aromatic N) is 2. The molecule has 0 aromatic carbocycles. The molecule has 3 unspecified atom stereocenters. The molecule has 0 bridgehead atoms. The summed E-state index contributed by atoms with van der Waals surface area (Å²) in [6, 6.07) is 0.391. The van der Waals surface area contributed by atoms with Gasteiger partial charge in [-0.15, -0.1) is 0 Å². The van der Waals surface area contributed by atoms with Crippen molar-refractivity contribution in [2.24, 2.45) is 17.7 Å². The van der Waals surface area contributed by atoms with Crippen molar-refractivity contribution in [2.45, 2.75) is 52.1 Å². The summed E-state index contributed by atoms with van der Waals surface area (Å²) in [6.45, 7) is 5.38. The van der Waals surface area contributed by atoms with E-state index < -0.39 is 0 Å². The molecule has 3 atom stereocenters. The molecular formula is C13H24N4. The summed E-state index contributed by atoms with van der Waals surface area (Å²) in [6.07, 6.45) is 9.08. The van der Waals surface area contributed by atoms with Gasteiger partial charge in [0.25, 0.3) is 0 Å². The number of nitrogens with one attached hydrogen (secondary N) is 1. The highest BCUT2D eigenvalue weighted by molar-refractivity contribution is 5.07. The second kappa shape index (κ2) is 5.65. The summed E-state index contributed by atoms with van der Waals surface area (Å²) >= 11 is 0. The summed E-state index contributed by atoms with van der Waals surface area (Å²) in [4.78, 5) is 0. The number of rotatable bonds is 5. The fourth-order valence-electron chi connectivity index (χ4n) is 3.04. The Kier molecular flexibility index (Phi) is 4.18. The second-order valence-corrected chi connectivity index (χ2v) is 5.25. The first-order chi connectivity index (χ1) is 8.24. The van der Waals surface area contributed by atoms with Crippen LogP contribution in [0.25, 0.3) is 0 Å². The molecule has 2 rings (SSSR count). The smallest absolute Gasteiger partial charge is 0.0522 e. The van der Waals surface area contributed by atoms with Crippen molar-refractivity contribution in [3.05, 3.63) is 18.0 Å². The van der Waals surface area contributed by atoms with Crippen molar-refractivity contribution >= 4 is 0 Å². The molecule has 0 saturated heterocycles. The lowest BCUT2D eigenvalue weighted by molar-refractivity contribution is 0.297. The molecule has 0 radical (unpaired) electrons. The quantitative estimate of drug-likeness (QED) is 0.604. The molecule has 96 valence electrons. The maximum absolute atomic E-state index is 5.72. The van der Waals surface area contributed by atoms with Crippen molar-refractivity contribution in [2.75, 3.05) is 0 Å². The van der Waals surface area contributed by atoms with Crippen LogP contribution in [0.3, 0.4) is 0 Å². The molecule has 0 aliphatic heterocycles. The third kappa shape index (κ3) is 2.87. The van der Waals surface area contributed by atoms with E-state index in [1.165, 1.54) is 24.8 Å². The van der Waals surface area contributed by atoms with E-state index >= 15 is 0 Å². The summed E-state index contributed by atoms with van der Waals surface area (Å²) in [5.74, 6) is 7.23. The molecule has 3 N–H and O–H groups in total. The van der Waals surface area contributed by atoms with Gasteiger partial charge in [-0.2, -0.15) is 5.10 Å². The number of nitrogens with two attached hydrogens (primary N) is 1. The van der Waals surface area contributed by atoms with Crippen molar-refractivity contribution in [3.63, 3.8) is 0 Å². The lowest BCUT2D eigenvalue weighted by atomic mass is 9.87. The van der Waals surface area contributed by atoms with Crippen LogP contribution < -0.4 is 11.3 Å². The van der Waals surface area contributed by atoms with Crippen LogP contribution in [0, 0.1) is 11.8 Å². The summed E-state index contributed by atoms with van der Waals surface area (Å²) < 4.78 is 1.97. The average molecular weight is 236 g/mol. The lowest BCUT2D eigenvalue weighted by Gasteiger charge is -2.25. The number of hydrogen-bond donors (Lipinski definition) is 2. The molecule has 1 aromatic heterocycles. The first-order valence-electron chi connectivity index (χ1n) is 6.72. The SMILES string of the molecule is CCn1cc(CC(NN)C2CCCC2C)cn1. The fourth-order valence-corrected chi connectivity index (χ4v) is 3.04. The van der Waals surface area contributed by atoms with Gasteiger partial charge in [0.1, 0.15) is 0 Å². The van der Waals surface area contributed by atoms with Crippen LogP contribution in [0.5, 0.6) is 0 Å². The van der Waals surface area contributed by atoms with Gasteiger partial charge in [-0.1, -0.05) is 19.8 Å². The van der Waals surface area contributed by atoms with Gasteiger partial charge < -0.3 is 0 Å². The molecule has 1 aliphatic carbocycles. The minimum atomic E-state index is 0.391. The number of hydrazine groups is 1. The summed E-state index contributed by atoms with van der Waals surface area (Å²) in [7, 11) is 0. The third-order valence-electron chi connectivity index (χ3n) is 4.13. The Balaban J connectivity index is 1.99. The van der Waals surface area contributed by atoms with Gasteiger partial charge >= 0.3 is 0 Å². The van der Waals surface area contributed by atoms with Crippen LogP contribution in [0.4, 0.5) is 0 Å². The number of hydrogen-bond acceptors (Lipinski definition) is 3. The van der Waals surface area contributed by atoms with E-state index in [4.69, 9.17) is 5.84 Å². The van der Waals surface area contributed by atoms with Crippen molar-refractivity contribution in [3.8, 4) is 0 Å². The van der Waals surface area contributed by atoms with Crippen LogP contribution in [0.2, 0.25) is 0 Å². The van der Waals surface area contributed by atoms with E-state index in [1.807, 2.05) is 10.9 Å². The van der Waals surface area contributed by atoms with Crippen molar-refractivity contribution < 1.29 is 0 Å². The Morgan fingerprint density at radius 3 is 2.94 bits per heavy atom. The zero-order valence-corrected chi connectivity index (χ0v) is 10.9. The van der Waals surface area contributed by atoms with Crippen LogP contribution in [0.1, 0.15) is 38.7 Å². The van der Waals surface area contributed by atoms with E-state index in [9.17, 15) is 0 Å². The van der Waals surface area contributed by atoms with Gasteiger partial charge in [0.05, 0.1) is 6.20 Å². The van der Waals surface area contributed by atoms with Gasteiger partial charge in [-0.3, -0.25) is 16.0 Å². The Labute approximate surface area is 104 Å². The van der Waals surface area contributed by atoms with E-state index in [0.717, 1.165) is 18.9 Å². The molecule has 17 heavy (non-hydrogen) atoms. The van der Waals surface area contributed by atoms with Crippen LogP contribution in [0.15, 0.2) is 12.4 Å². The minimum Gasteiger partial charge on any atom is -0.273 e. The third-order valence-corrected chi connectivity index (χ3v) is 4.13. The molecule has 4 nitrogen and oxygen atoms in total. The highest BCUT2D eigenvalue weighted by Crippen LogP contribution is 2.34. The van der Waals surface area contributed by atoms with Crippen LogP contribution in [-0.2, 0) is 13.0 Å². The summed E-state index contributed by atoms with van der Waals surface area (Å²) in [5.41, 5.74) is 4.30. The topological polar surface area (TPSA) is 55.9 Å². The highest BCUT2D eigenvalue weighted by atomic mass is 15.3. The van der Waals surface area contributed by atoms with Crippen LogP contribution in [-0.4, -0.2) is 15.8 Å². The Bertz CT molecular complexity index is 347. The molecule has 1 saturated carbocycles. The van der Waals surface area contributed by atoms with E-state index in [-0.39, 0.29) is 0 Å². The molecule has 0 amide bonds. The first-order valence-corrected chi connectivity index (χ1v) is 6.72. The van der Waals surface area contributed by atoms with Gasteiger partial charge in [-0.25, -0.2) is 0 Å². The zero-order valence-electron chi connectivity index (χ0n) is 10.9. The molecule has 1 heterocycles. The van der Waals surface area contributed by atoms with Gasteiger partial charge in [0, 0.05) is 18.8 Å². The standard InChI is InChI=1S/C13H24N4/c1-3-17-9-11(8-15-17)7-13(16-14)12-6-4-5-10(12)2/h8-10,12-13,16H,3-7,14H2,1-2H3. The Morgan fingerprint density at radius 2 is 2.41 bits per heavy atom. The average Bonchev–Trinajstić information content (AvgIpc) is 2.95. The molecule has 1 aromatic rings. The molecular weight excluding hydrogens is 212 g/mol. The van der Waals surface area contributed by atoms with E-state index in [1.54, 1.807) is 0 Å².